The van der Waals surface area contributed by atoms with Crippen LogP contribution in [0.1, 0.15) is 56.2 Å². The second-order valence-corrected chi connectivity index (χ2v) is 4.68. The molecule has 2 heteroatoms. The molecule has 0 heterocycles. The lowest BCUT2D eigenvalue weighted by molar-refractivity contribution is 0.411. The van der Waals surface area contributed by atoms with Gasteiger partial charge in [-0.3, -0.25) is 0 Å². The summed E-state index contributed by atoms with van der Waals surface area (Å²) in [4.78, 5) is 0. The minimum Gasteiger partial charge on any atom is -0.496 e. The largest absolute Gasteiger partial charge is 0.496 e. The highest BCUT2D eigenvalue weighted by molar-refractivity contribution is 5.37. The van der Waals surface area contributed by atoms with E-state index in [4.69, 9.17) is 10.5 Å². The van der Waals surface area contributed by atoms with Crippen LogP contribution in [0.3, 0.4) is 0 Å². The van der Waals surface area contributed by atoms with Crippen LogP contribution >= 0.6 is 0 Å². The van der Waals surface area contributed by atoms with Crippen LogP contribution in [-0.2, 0) is 0 Å². The van der Waals surface area contributed by atoms with E-state index in [1.807, 2.05) is 6.07 Å². The van der Waals surface area contributed by atoms with E-state index in [-0.39, 0.29) is 6.04 Å². The van der Waals surface area contributed by atoms with Gasteiger partial charge >= 0.3 is 0 Å². The summed E-state index contributed by atoms with van der Waals surface area (Å²) in [6, 6.07) is 6.40. The molecule has 2 nitrogen and oxygen atoms in total. The van der Waals surface area contributed by atoms with Crippen molar-refractivity contribution in [2.45, 2.75) is 52.0 Å². The summed E-state index contributed by atoms with van der Waals surface area (Å²) in [5.74, 6) is 0.937. The van der Waals surface area contributed by atoms with Gasteiger partial charge in [-0.15, -0.1) is 0 Å². The number of ether oxygens (including phenoxy) is 1. The van der Waals surface area contributed by atoms with Gasteiger partial charge in [0.15, 0.2) is 0 Å². The van der Waals surface area contributed by atoms with Gasteiger partial charge in [0, 0.05) is 6.04 Å². The summed E-state index contributed by atoms with van der Waals surface area (Å²) in [6.07, 6.45) is 6.18. The van der Waals surface area contributed by atoms with Crippen LogP contribution < -0.4 is 10.5 Å². The molecule has 2 N–H and O–H groups in total. The molecule has 0 aromatic heterocycles. The van der Waals surface area contributed by atoms with Crippen LogP contribution in [0.25, 0.3) is 0 Å². The Labute approximate surface area is 105 Å². The third kappa shape index (κ3) is 4.39. The van der Waals surface area contributed by atoms with Crippen LogP contribution in [-0.4, -0.2) is 7.11 Å². The van der Waals surface area contributed by atoms with Gasteiger partial charge in [0.05, 0.1) is 7.11 Å². The Morgan fingerprint density at radius 1 is 1.24 bits per heavy atom. The molecule has 96 valence electrons. The molecule has 0 radical (unpaired) electrons. The predicted octanol–water partition coefficient (Wildman–Crippen LogP) is 3.97. The average molecular weight is 235 g/mol. The van der Waals surface area contributed by atoms with Gasteiger partial charge in [0.2, 0.25) is 0 Å². The van der Waals surface area contributed by atoms with Crippen molar-refractivity contribution in [3.8, 4) is 5.75 Å². The number of benzene rings is 1. The first-order valence-electron chi connectivity index (χ1n) is 6.59. The highest BCUT2D eigenvalue weighted by Gasteiger charge is 2.07. The van der Waals surface area contributed by atoms with Gasteiger partial charge in [-0.2, -0.15) is 0 Å². The normalized spacial score (nSPS) is 12.5. The molecule has 1 aromatic carbocycles. The fourth-order valence-corrected chi connectivity index (χ4v) is 2.09. The van der Waals surface area contributed by atoms with E-state index in [2.05, 4.69) is 26.0 Å². The maximum atomic E-state index is 6.20. The van der Waals surface area contributed by atoms with E-state index < -0.39 is 0 Å². The van der Waals surface area contributed by atoms with Gasteiger partial charge in [-0.25, -0.2) is 0 Å². The SMILES string of the molecule is CCCCCCC(N)c1ccc(OC)c(C)c1. The molecule has 0 aliphatic heterocycles. The van der Waals surface area contributed by atoms with Crippen molar-refractivity contribution in [2.24, 2.45) is 5.73 Å². The Balaban J connectivity index is 2.51. The third-order valence-corrected chi connectivity index (χ3v) is 3.22. The summed E-state index contributed by atoms with van der Waals surface area (Å²) < 4.78 is 5.25. The first kappa shape index (κ1) is 14.0. The molecular weight excluding hydrogens is 210 g/mol. The van der Waals surface area contributed by atoms with E-state index in [9.17, 15) is 0 Å². The molecule has 1 unspecified atom stereocenters. The Morgan fingerprint density at radius 2 is 2.00 bits per heavy atom. The summed E-state index contributed by atoms with van der Waals surface area (Å²) in [5.41, 5.74) is 8.58. The average Bonchev–Trinajstić information content (AvgIpc) is 2.34. The zero-order valence-electron chi connectivity index (χ0n) is 11.3. The summed E-state index contributed by atoms with van der Waals surface area (Å²) in [5, 5.41) is 0. The lowest BCUT2D eigenvalue weighted by Gasteiger charge is -2.14. The standard InChI is InChI=1S/C15H25NO/c1-4-5-6-7-8-14(16)13-9-10-15(17-3)12(2)11-13/h9-11,14H,4-8,16H2,1-3H3. The maximum absolute atomic E-state index is 6.20. The molecule has 0 aliphatic rings. The number of nitrogens with two attached hydrogens (primary N) is 1. The van der Waals surface area contributed by atoms with Crippen LogP contribution in [0.15, 0.2) is 18.2 Å². The van der Waals surface area contributed by atoms with Crippen molar-refractivity contribution in [1.29, 1.82) is 0 Å². The monoisotopic (exact) mass is 235 g/mol. The minimum absolute atomic E-state index is 0.163. The second-order valence-electron chi connectivity index (χ2n) is 4.68. The van der Waals surface area contributed by atoms with Crippen LogP contribution in [0.5, 0.6) is 5.75 Å². The van der Waals surface area contributed by atoms with Gasteiger partial charge < -0.3 is 10.5 Å². The molecule has 0 fully saturated rings. The Bertz CT molecular complexity index is 336. The van der Waals surface area contributed by atoms with Crippen LogP contribution in [0, 0.1) is 6.92 Å². The van der Waals surface area contributed by atoms with Crippen molar-refractivity contribution in [2.75, 3.05) is 7.11 Å². The number of methoxy groups -OCH3 is 1. The van der Waals surface area contributed by atoms with Crippen molar-refractivity contribution < 1.29 is 4.74 Å². The van der Waals surface area contributed by atoms with E-state index in [0.29, 0.717) is 0 Å². The lowest BCUT2D eigenvalue weighted by Crippen LogP contribution is -2.10. The summed E-state index contributed by atoms with van der Waals surface area (Å²) in [6.45, 7) is 4.29. The Kier molecular flexibility index (Phi) is 6.06. The first-order valence-corrected chi connectivity index (χ1v) is 6.59. The maximum Gasteiger partial charge on any atom is 0.121 e. The van der Waals surface area contributed by atoms with E-state index in [1.54, 1.807) is 7.11 Å². The van der Waals surface area contributed by atoms with Gasteiger partial charge in [0.25, 0.3) is 0 Å². The Hall–Kier alpha value is -1.02. The molecule has 1 rings (SSSR count). The van der Waals surface area contributed by atoms with E-state index in [0.717, 1.165) is 17.7 Å². The predicted molar refractivity (Wildman–Crippen MR) is 73.4 cm³/mol. The molecular formula is C15H25NO. The molecule has 0 saturated carbocycles. The molecule has 0 aliphatic carbocycles. The molecule has 0 amide bonds. The lowest BCUT2D eigenvalue weighted by atomic mass is 9.99. The number of unbranched alkanes of at least 4 members (excludes halogenated alkanes) is 3. The summed E-state index contributed by atoms with van der Waals surface area (Å²) in [7, 11) is 1.70. The molecule has 0 bridgehead atoms. The van der Waals surface area contributed by atoms with Crippen molar-refractivity contribution in [3.63, 3.8) is 0 Å². The second kappa shape index (κ2) is 7.33. The molecule has 1 aromatic rings. The molecule has 0 spiro atoms. The highest BCUT2D eigenvalue weighted by atomic mass is 16.5. The van der Waals surface area contributed by atoms with E-state index >= 15 is 0 Å². The Morgan fingerprint density at radius 3 is 2.59 bits per heavy atom. The quantitative estimate of drug-likeness (QED) is 0.726. The zero-order chi connectivity index (χ0) is 12.7. The van der Waals surface area contributed by atoms with Crippen molar-refractivity contribution in [3.05, 3.63) is 29.3 Å². The number of hydrogen-bond acceptors (Lipinski definition) is 2. The van der Waals surface area contributed by atoms with Crippen molar-refractivity contribution >= 4 is 0 Å². The molecule has 1 atom stereocenters. The van der Waals surface area contributed by atoms with E-state index in [1.165, 1.54) is 31.2 Å². The fourth-order valence-electron chi connectivity index (χ4n) is 2.09. The number of rotatable bonds is 7. The minimum atomic E-state index is 0.163. The van der Waals surface area contributed by atoms with Crippen LogP contribution in [0.2, 0.25) is 0 Å². The fraction of sp³-hybridized carbons (Fsp3) is 0.600. The van der Waals surface area contributed by atoms with Crippen molar-refractivity contribution in [1.82, 2.24) is 0 Å². The van der Waals surface area contributed by atoms with Gasteiger partial charge in [0.1, 0.15) is 5.75 Å². The van der Waals surface area contributed by atoms with Crippen LogP contribution in [0.4, 0.5) is 0 Å². The number of hydrogen-bond donors (Lipinski definition) is 1. The summed E-state index contributed by atoms with van der Waals surface area (Å²) >= 11 is 0. The number of aryl methyl sites for hydroxylation is 1. The molecule has 17 heavy (non-hydrogen) atoms. The molecule has 0 saturated heterocycles. The highest BCUT2D eigenvalue weighted by Crippen LogP contribution is 2.24. The third-order valence-electron chi connectivity index (χ3n) is 3.22. The zero-order valence-corrected chi connectivity index (χ0v) is 11.3. The first-order chi connectivity index (χ1) is 8.19. The smallest absolute Gasteiger partial charge is 0.121 e. The van der Waals surface area contributed by atoms with Gasteiger partial charge in [-0.05, 0) is 30.5 Å². The topological polar surface area (TPSA) is 35.2 Å². The van der Waals surface area contributed by atoms with Gasteiger partial charge in [-0.1, -0.05) is 44.7 Å².